The Labute approximate surface area is 148 Å². The minimum atomic E-state index is 0.474. The molecule has 25 heavy (non-hydrogen) atoms. The molecule has 0 radical (unpaired) electrons. The quantitative estimate of drug-likeness (QED) is 0.691. The average Bonchev–Trinajstić information content (AvgIpc) is 3.32. The maximum Gasteiger partial charge on any atom is 0.0706 e. The molecule has 4 rings (SSSR count). The number of fused-ring (bicyclic) bond motifs is 1. The fraction of sp³-hybridized carbons (Fsp3) is 0.474. The van der Waals surface area contributed by atoms with Gasteiger partial charge in [-0.05, 0) is 24.6 Å². The Balaban J connectivity index is 1.52. The number of hydrogen-bond acceptors (Lipinski definition) is 4. The van der Waals surface area contributed by atoms with E-state index in [1.807, 2.05) is 40.9 Å². The number of ether oxygens (including phenoxy) is 1. The number of likely N-dealkylation sites (tertiary alicyclic amines) is 1. The summed E-state index contributed by atoms with van der Waals surface area (Å²) >= 11 is 0. The molecule has 0 aromatic carbocycles. The average molecular weight is 339 g/mol. The summed E-state index contributed by atoms with van der Waals surface area (Å²) in [7, 11) is 1.98. The molecule has 0 unspecified atom stereocenters. The Kier molecular flexibility index (Phi) is 4.55. The van der Waals surface area contributed by atoms with E-state index in [4.69, 9.17) is 4.74 Å². The standard InChI is InChI=1S/C19H25N5O/c1-3-25-14-17-12-23(13-18(17)15-8-20-22(2)10-15)11-16-9-21-24-7-5-4-6-19(16)24/h4-10,17-18H,3,11-14H2,1-2H3/t17-,18-/m0/s1. The highest BCUT2D eigenvalue weighted by molar-refractivity contribution is 5.53. The third kappa shape index (κ3) is 3.32. The number of pyridine rings is 1. The van der Waals surface area contributed by atoms with Crippen molar-refractivity contribution in [2.45, 2.75) is 19.4 Å². The number of nitrogens with zero attached hydrogens (tertiary/aromatic N) is 5. The van der Waals surface area contributed by atoms with Crippen molar-refractivity contribution in [2.75, 3.05) is 26.3 Å². The van der Waals surface area contributed by atoms with E-state index >= 15 is 0 Å². The Morgan fingerprint density at radius 1 is 1.20 bits per heavy atom. The predicted molar refractivity (Wildman–Crippen MR) is 96.4 cm³/mol. The number of rotatable bonds is 6. The first-order valence-electron chi connectivity index (χ1n) is 8.94. The van der Waals surface area contributed by atoms with E-state index in [0.717, 1.165) is 32.8 Å². The van der Waals surface area contributed by atoms with Gasteiger partial charge < -0.3 is 4.74 Å². The maximum atomic E-state index is 5.76. The second kappa shape index (κ2) is 6.98. The molecule has 132 valence electrons. The van der Waals surface area contributed by atoms with E-state index in [1.54, 1.807) is 0 Å². The molecule has 0 saturated carbocycles. The number of aryl methyl sites for hydroxylation is 1. The van der Waals surface area contributed by atoms with Crippen LogP contribution in [0.4, 0.5) is 0 Å². The van der Waals surface area contributed by atoms with Gasteiger partial charge in [0, 0.05) is 63.1 Å². The zero-order valence-electron chi connectivity index (χ0n) is 14.9. The van der Waals surface area contributed by atoms with Crippen molar-refractivity contribution in [3.8, 4) is 0 Å². The molecule has 4 heterocycles. The molecular formula is C19H25N5O. The first-order chi connectivity index (χ1) is 12.2. The number of aromatic nitrogens is 4. The second-order valence-corrected chi connectivity index (χ2v) is 6.87. The molecule has 0 N–H and O–H groups in total. The largest absolute Gasteiger partial charge is 0.381 e. The highest BCUT2D eigenvalue weighted by Crippen LogP contribution is 2.33. The van der Waals surface area contributed by atoms with Crippen LogP contribution in [0.2, 0.25) is 0 Å². The molecule has 0 spiro atoms. The zero-order valence-corrected chi connectivity index (χ0v) is 14.9. The molecule has 0 aliphatic carbocycles. The summed E-state index contributed by atoms with van der Waals surface area (Å²) in [5.41, 5.74) is 3.78. The van der Waals surface area contributed by atoms with Crippen molar-refractivity contribution in [1.82, 2.24) is 24.3 Å². The highest BCUT2D eigenvalue weighted by atomic mass is 16.5. The van der Waals surface area contributed by atoms with E-state index in [9.17, 15) is 0 Å². The summed E-state index contributed by atoms with van der Waals surface area (Å²) in [6.45, 7) is 6.64. The summed E-state index contributed by atoms with van der Waals surface area (Å²) in [6.07, 6.45) is 8.13. The van der Waals surface area contributed by atoms with Crippen LogP contribution in [0, 0.1) is 5.92 Å². The minimum absolute atomic E-state index is 0.474. The van der Waals surface area contributed by atoms with Crippen LogP contribution in [0.15, 0.2) is 43.0 Å². The smallest absolute Gasteiger partial charge is 0.0706 e. The number of hydrogen-bond donors (Lipinski definition) is 0. The van der Waals surface area contributed by atoms with Crippen LogP contribution in [0.1, 0.15) is 24.0 Å². The van der Waals surface area contributed by atoms with Crippen molar-refractivity contribution in [3.63, 3.8) is 0 Å². The Bertz CT molecular complexity index is 839. The molecule has 1 aliphatic heterocycles. The lowest BCUT2D eigenvalue weighted by Gasteiger charge is -2.16. The van der Waals surface area contributed by atoms with Gasteiger partial charge in [-0.2, -0.15) is 10.2 Å². The normalized spacial score (nSPS) is 21.4. The summed E-state index contributed by atoms with van der Waals surface area (Å²) in [6, 6.07) is 6.21. The van der Waals surface area contributed by atoms with E-state index in [-0.39, 0.29) is 0 Å². The van der Waals surface area contributed by atoms with Gasteiger partial charge in [0.05, 0.1) is 24.5 Å². The van der Waals surface area contributed by atoms with E-state index in [2.05, 4.69) is 40.4 Å². The highest BCUT2D eigenvalue weighted by Gasteiger charge is 2.34. The van der Waals surface area contributed by atoms with Gasteiger partial charge >= 0.3 is 0 Å². The topological polar surface area (TPSA) is 47.6 Å². The molecule has 1 fully saturated rings. The third-order valence-electron chi connectivity index (χ3n) is 5.11. The summed E-state index contributed by atoms with van der Waals surface area (Å²) in [4.78, 5) is 2.52. The van der Waals surface area contributed by atoms with Crippen molar-refractivity contribution in [3.05, 3.63) is 54.1 Å². The fourth-order valence-corrected chi connectivity index (χ4v) is 3.89. The molecular weight excluding hydrogens is 314 g/mol. The van der Waals surface area contributed by atoms with Crippen molar-refractivity contribution >= 4 is 5.52 Å². The fourth-order valence-electron chi connectivity index (χ4n) is 3.89. The van der Waals surface area contributed by atoms with Crippen molar-refractivity contribution < 1.29 is 4.74 Å². The second-order valence-electron chi connectivity index (χ2n) is 6.87. The Hall–Kier alpha value is -2.18. The first kappa shape index (κ1) is 16.3. The first-order valence-corrected chi connectivity index (χ1v) is 8.94. The summed E-state index contributed by atoms with van der Waals surface area (Å²) in [5.74, 6) is 0.980. The van der Waals surface area contributed by atoms with Crippen LogP contribution >= 0.6 is 0 Å². The van der Waals surface area contributed by atoms with Gasteiger partial charge in [-0.3, -0.25) is 9.58 Å². The van der Waals surface area contributed by atoms with E-state index in [1.165, 1.54) is 16.6 Å². The van der Waals surface area contributed by atoms with Gasteiger partial charge in [0.15, 0.2) is 0 Å². The van der Waals surface area contributed by atoms with Gasteiger partial charge in [-0.15, -0.1) is 0 Å². The van der Waals surface area contributed by atoms with Crippen LogP contribution in [-0.4, -0.2) is 50.6 Å². The Morgan fingerprint density at radius 3 is 2.92 bits per heavy atom. The lowest BCUT2D eigenvalue weighted by atomic mass is 9.92. The molecule has 3 aromatic rings. The van der Waals surface area contributed by atoms with Gasteiger partial charge in [-0.25, -0.2) is 4.52 Å². The SMILES string of the molecule is CCOC[C@@H]1CN(Cc2cnn3ccccc23)C[C@H]1c1cnn(C)c1. The van der Waals surface area contributed by atoms with Crippen LogP contribution < -0.4 is 0 Å². The predicted octanol–water partition coefficient (Wildman–Crippen LogP) is 2.32. The van der Waals surface area contributed by atoms with Crippen LogP contribution in [0.25, 0.3) is 5.52 Å². The van der Waals surface area contributed by atoms with Crippen molar-refractivity contribution in [2.24, 2.45) is 13.0 Å². The monoisotopic (exact) mass is 339 g/mol. The maximum absolute atomic E-state index is 5.76. The third-order valence-corrected chi connectivity index (χ3v) is 5.11. The molecule has 6 nitrogen and oxygen atoms in total. The molecule has 1 saturated heterocycles. The molecule has 3 aromatic heterocycles. The zero-order chi connectivity index (χ0) is 17.2. The van der Waals surface area contributed by atoms with Gasteiger partial charge in [0.25, 0.3) is 0 Å². The molecule has 2 atom stereocenters. The molecule has 0 amide bonds. The summed E-state index contributed by atoms with van der Waals surface area (Å²) < 4.78 is 9.60. The molecule has 6 heteroatoms. The van der Waals surface area contributed by atoms with Gasteiger partial charge in [-0.1, -0.05) is 6.07 Å². The van der Waals surface area contributed by atoms with E-state index in [0.29, 0.717) is 11.8 Å². The summed E-state index contributed by atoms with van der Waals surface area (Å²) in [5, 5.41) is 8.82. The molecule has 0 bridgehead atoms. The lowest BCUT2D eigenvalue weighted by molar-refractivity contribution is 0.107. The lowest BCUT2D eigenvalue weighted by Crippen LogP contribution is -2.21. The van der Waals surface area contributed by atoms with E-state index < -0.39 is 0 Å². The Morgan fingerprint density at radius 2 is 2.12 bits per heavy atom. The minimum Gasteiger partial charge on any atom is -0.381 e. The van der Waals surface area contributed by atoms with Crippen LogP contribution in [0.3, 0.4) is 0 Å². The van der Waals surface area contributed by atoms with Crippen LogP contribution in [0.5, 0.6) is 0 Å². The van der Waals surface area contributed by atoms with Gasteiger partial charge in [0.1, 0.15) is 0 Å². The van der Waals surface area contributed by atoms with Gasteiger partial charge in [0.2, 0.25) is 0 Å². The van der Waals surface area contributed by atoms with Crippen molar-refractivity contribution in [1.29, 1.82) is 0 Å². The molecule has 1 aliphatic rings. The van der Waals surface area contributed by atoms with Crippen LogP contribution in [-0.2, 0) is 18.3 Å².